The average molecular weight is 839 g/mol. The van der Waals surface area contributed by atoms with Gasteiger partial charge in [-0.2, -0.15) is 0 Å². The Bertz CT molecular complexity index is 1430. The summed E-state index contributed by atoms with van der Waals surface area (Å²) in [5.41, 5.74) is 0. The molecule has 0 aromatic heterocycles. The second-order valence-electron chi connectivity index (χ2n) is 14.6. The third-order valence-electron chi connectivity index (χ3n) is 8.86. The number of hydrogen-bond acceptors (Lipinski definition) is 6. The maximum Gasteiger partial charge on any atom is 0.306 e. The Morgan fingerprint density at radius 1 is 0.361 bits per heavy atom. The van der Waals surface area contributed by atoms with Gasteiger partial charge in [0.1, 0.15) is 13.2 Å². The van der Waals surface area contributed by atoms with Gasteiger partial charge in [0.25, 0.3) is 0 Å². The Labute approximate surface area is 372 Å². The molecule has 0 heterocycles. The minimum atomic E-state index is -0.863. The lowest BCUT2D eigenvalue weighted by Gasteiger charge is -2.18. The summed E-state index contributed by atoms with van der Waals surface area (Å²) in [6, 6.07) is 0. The first-order valence-electron chi connectivity index (χ1n) is 23.4. The first-order chi connectivity index (χ1) is 30.0. The molecule has 1 unspecified atom stereocenters. The van der Waals surface area contributed by atoms with Crippen LogP contribution in [-0.4, -0.2) is 37.2 Å². The van der Waals surface area contributed by atoms with Gasteiger partial charge < -0.3 is 14.2 Å². The zero-order chi connectivity index (χ0) is 44.4. The van der Waals surface area contributed by atoms with E-state index in [0.29, 0.717) is 19.3 Å². The summed E-state index contributed by atoms with van der Waals surface area (Å²) in [5, 5.41) is 0. The topological polar surface area (TPSA) is 78.9 Å². The summed E-state index contributed by atoms with van der Waals surface area (Å²) in [6.07, 6.45) is 68.6. The SMILES string of the molecule is CC/C=C\C/C=C\C/C=C\C/C=C\C/C=C\CCC(=O)OCC(COC(=O)CCCCC/C=C\C=C/CCCC)OC(=O)CC/C=C\C/C=C\C/C=C\C/C=C\C/C=C\CC. The molecule has 0 radical (unpaired) electrons. The van der Waals surface area contributed by atoms with Crippen molar-refractivity contribution in [3.63, 3.8) is 0 Å². The van der Waals surface area contributed by atoms with E-state index in [9.17, 15) is 14.4 Å². The molecule has 0 aromatic rings. The molecule has 0 spiro atoms. The maximum absolute atomic E-state index is 12.7. The Hall–Kier alpha value is -4.71. The minimum absolute atomic E-state index is 0.151. The summed E-state index contributed by atoms with van der Waals surface area (Å²) in [5.74, 6) is -1.17. The van der Waals surface area contributed by atoms with Gasteiger partial charge in [0, 0.05) is 19.3 Å². The number of ether oxygens (including phenoxy) is 3. The van der Waals surface area contributed by atoms with Crippen LogP contribution in [0.5, 0.6) is 0 Å². The van der Waals surface area contributed by atoms with Crippen LogP contribution in [0.25, 0.3) is 0 Å². The highest BCUT2D eigenvalue weighted by molar-refractivity contribution is 5.71. The Balaban J connectivity index is 4.68. The molecule has 0 bridgehead atoms. The van der Waals surface area contributed by atoms with E-state index in [2.05, 4.69) is 142 Å². The van der Waals surface area contributed by atoms with Crippen molar-refractivity contribution >= 4 is 17.9 Å². The molecule has 0 N–H and O–H groups in total. The molecule has 0 amide bonds. The fourth-order valence-electron chi connectivity index (χ4n) is 5.40. The molecule has 6 heteroatoms. The molecule has 0 fully saturated rings. The second kappa shape index (κ2) is 48.0. The van der Waals surface area contributed by atoms with Crippen LogP contribution >= 0.6 is 0 Å². The van der Waals surface area contributed by atoms with Gasteiger partial charge in [-0.1, -0.05) is 186 Å². The van der Waals surface area contributed by atoms with Crippen LogP contribution < -0.4 is 0 Å². The van der Waals surface area contributed by atoms with Gasteiger partial charge in [-0.05, 0) is 103 Å². The molecule has 338 valence electrons. The van der Waals surface area contributed by atoms with Gasteiger partial charge in [-0.3, -0.25) is 14.4 Å². The van der Waals surface area contributed by atoms with Gasteiger partial charge in [0.2, 0.25) is 0 Å². The number of rotatable bonds is 39. The van der Waals surface area contributed by atoms with Crippen molar-refractivity contribution in [3.05, 3.63) is 146 Å². The highest BCUT2D eigenvalue weighted by Gasteiger charge is 2.19. The van der Waals surface area contributed by atoms with Crippen LogP contribution in [0, 0.1) is 0 Å². The summed E-state index contributed by atoms with van der Waals surface area (Å²) in [7, 11) is 0. The fraction of sp³-hybridized carbons (Fsp3) is 0.509. The third-order valence-corrected chi connectivity index (χ3v) is 8.86. The summed E-state index contributed by atoms with van der Waals surface area (Å²) in [4.78, 5) is 37.7. The molecule has 0 saturated heterocycles. The van der Waals surface area contributed by atoms with Gasteiger partial charge in [0.05, 0.1) is 0 Å². The van der Waals surface area contributed by atoms with E-state index in [1.54, 1.807) is 0 Å². The predicted molar refractivity (Wildman–Crippen MR) is 260 cm³/mol. The van der Waals surface area contributed by atoms with Crippen molar-refractivity contribution in [2.24, 2.45) is 0 Å². The number of unbranched alkanes of at least 4 members (excludes halogenated alkanes) is 5. The molecule has 0 rings (SSSR count). The van der Waals surface area contributed by atoms with Gasteiger partial charge in [0.15, 0.2) is 6.10 Å². The van der Waals surface area contributed by atoms with E-state index < -0.39 is 18.0 Å². The predicted octanol–water partition coefficient (Wildman–Crippen LogP) is 15.3. The van der Waals surface area contributed by atoms with Gasteiger partial charge >= 0.3 is 17.9 Å². The molecule has 0 saturated carbocycles. The zero-order valence-electron chi connectivity index (χ0n) is 38.4. The highest BCUT2D eigenvalue weighted by Crippen LogP contribution is 2.09. The zero-order valence-corrected chi connectivity index (χ0v) is 38.4. The molecule has 0 aromatic carbocycles. The number of hydrogen-bond donors (Lipinski definition) is 0. The van der Waals surface area contributed by atoms with E-state index in [0.717, 1.165) is 96.3 Å². The van der Waals surface area contributed by atoms with Crippen LogP contribution in [0.4, 0.5) is 0 Å². The average Bonchev–Trinajstić information content (AvgIpc) is 3.26. The lowest BCUT2D eigenvalue weighted by atomic mass is 10.1. The normalized spacial score (nSPS) is 13.4. The molecule has 0 aliphatic carbocycles. The summed E-state index contributed by atoms with van der Waals surface area (Å²) >= 11 is 0. The van der Waals surface area contributed by atoms with Crippen molar-refractivity contribution in [1.29, 1.82) is 0 Å². The molecular weight excluding hydrogens is 757 g/mol. The molecular formula is C55H82O6. The third kappa shape index (κ3) is 46.2. The summed E-state index contributed by atoms with van der Waals surface area (Å²) in [6.45, 7) is 6.16. The van der Waals surface area contributed by atoms with E-state index in [1.165, 1.54) is 12.8 Å². The maximum atomic E-state index is 12.7. The van der Waals surface area contributed by atoms with Crippen LogP contribution in [0.2, 0.25) is 0 Å². The number of carbonyl (C=O) groups excluding carboxylic acids is 3. The minimum Gasteiger partial charge on any atom is -0.462 e. The first-order valence-corrected chi connectivity index (χ1v) is 23.4. The Morgan fingerprint density at radius 3 is 1.13 bits per heavy atom. The van der Waals surface area contributed by atoms with Crippen molar-refractivity contribution in [2.45, 2.75) is 168 Å². The van der Waals surface area contributed by atoms with Crippen molar-refractivity contribution in [1.82, 2.24) is 0 Å². The number of esters is 3. The quantitative estimate of drug-likeness (QED) is 0.0202. The standard InChI is InChI=1S/C55H82O6/c1-4-7-10-13-16-19-22-24-26-28-30-33-36-39-42-45-48-54(57)60-51-52(50-59-53(56)47-44-41-38-35-32-21-18-15-12-9-6-3)61-55(58)49-46-43-40-37-34-31-29-27-25-23-20-17-14-11-8-5-2/h7-8,10-11,15-21,24-27,30-34,39-40,42-43,52H,4-6,9,12-14,22-23,28-29,35-38,41,44-51H2,1-3H3/b10-7-,11-8-,18-15-,19-16-,20-17-,26-24-,27-25-,32-21-,33-30-,34-31-,42-39-,43-40-. The van der Waals surface area contributed by atoms with Gasteiger partial charge in [-0.25, -0.2) is 0 Å². The second-order valence-corrected chi connectivity index (χ2v) is 14.6. The fourth-order valence-corrected chi connectivity index (χ4v) is 5.40. The molecule has 1 atom stereocenters. The molecule has 6 nitrogen and oxygen atoms in total. The molecule has 0 aliphatic heterocycles. The smallest absolute Gasteiger partial charge is 0.306 e. The Morgan fingerprint density at radius 2 is 0.721 bits per heavy atom. The van der Waals surface area contributed by atoms with Crippen LogP contribution in [-0.2, 0) is 28.6 Å². The number of carbonyl (C=O) groups is 3. The van der Waals surface area contributed by atoms with Crippen LogP contribution in [0.3, 0.4) is 0 Å². The monoisotopic (exact) mass is 839 g/mol. The van der Waals surface area contributed by atoms with E-state index in [4.69, 9.17) is 14.2 Å². The van der Waals surface area contributed by atoms with E-state index >= 15 is 0 Å². The first kappa shape index (κ1) is 56.3. The van der Waals surface area contributed by atoms with Crippen LogP contribution in [0.1, 0.15) is 162 Å². The Kier molecular flexibility index (Phi) is 44.3. The summed E-state index contributed by atoms with van der Waals surface area (Å²) < 4.78 is 16.5. The molecule has 0 aliphatic rings. The van der Waals surface area contributed by atoms with Crippen molar-refractivity contribution in [3.8, 4) is 0 Å². The molecule has 61 heavy (non-hydrogen) atoms. The van der Waals surface area contributed by atoms with E-state index in [1.807, 2.05) is 24.3 Å². The van der Waals surface area contributed by atoms with Crippen molar-refractivity contribution in [2.75, 3.05) is 13.2 Å². The van der Waals surface area contributed by atoms with Gasteiger partial charge in [-0.15, -0.1) is 0 Å². The highest BCUT2D eigenvalue weighted by atomic mass is 16.6. The lowest BCUT2D eigenvalue weighted by molar-refractivity contribution is -0.166. The largest absolute Gasteiger partial charge is 0.462 e. The number of allylic oxidation sites excluding steroid dienone is 24. The van der Waals surface area contributed by atoms with Crippen molar-refractivity contribution < 1.29 is 28.6 Å². The van der Waals surface area contributed by atoms with Crippen LogP contribution in [0.15, 0.2) is 146 Å². The lowest BCUT2D eigenvalue weighted by Crippen LogP contribution is -2.30. The van der Waals surface area contributed by atoms with E-state index in [-0.39, 0.29) is 32.0 Å².